The average molecular weight is 496 g/mol. The number of halogens is 1. The number of methoxy groups -OCH3 is 1. The number of carbonyl (C=O) groups excluding carboxylic acids is 1. The second-order valence-electron chi connectivity index (χ2n) is 8.31. The molecule has 0 unspecified atom stereocenters. The Kier molecular flexibility index (Phi) is 8.54. The van der Waals surface area contributed by atoms with Gasteiger partial charge in [-0.3, -0.25) is 4.79 Å². The summed E-state index contributed by atoms with van der Waals surface area (Å²) in [4.78, 5) is 26.0. The van der Waals surface area contributed by atoms with E-state index in [-0.39, 0.29) is 11.7 Å². The van der Waals surface area contributed by atoms with Gasteiger partial charge in [0.25, 0.3) is 5.91 Å². The molecule has 3 aromatic rings. The highest BCUT2D eigenvalue weighted by Crippen LogP contribution is 2.25. The molecule has 0 saturated carbocycles. The van der Waals surface area contributed by atoms with Crippen molar-refractivity contribution >= 4 is 29.2 Å². The number of hydrogen-bond donors (Lipinski definition) is 1. The van der Waals surface area contributed by atoms with Crippen LogP contribution in [0.3, 0.4) is 0 Å². The number of para-hydroxylation sites is 1. The Hall–Kier alpha value is -3.17. The Morgan fingerprint density at radius 3 is 2.60 bits per heavy atom. The van der Waals surface area contributed by atoms with Crippen molar-refractivity contribution in [3.8, 4) is 0 Å². The predicted molar refractivity (Wildman–Crippen MR) is 138 cm³/mol. The Morgan fingerprint density at radius 1 is 1.06 bits per heavy atom. The smallest absolute Gasteiger partial charge is 0.251 e. The summed E-state index contributed by atoms with van der Waals surface area (Å²) in [5, 5.41) is 3.54. The Balaban J connectivity index is 1.37. The Morgan fingerprint density at radius 2 is 1.83 bits per heavy atom. The molecular weight excluding hydrogens is 465 g/mol. The zero-order chi connectivity index (χ0) is 24.6. The van der Waals surface area contributed by atoms with Crippen molar-refractivity contribution in [1.29, 1.82) is 0 Å². The van der Waals surface area contributed by atoms with Gasteiger partial charge in [-0.2, -0.15) is 0 Å². The molecule has 1 N–H and O–H groups in total. The first-order valence-corrected chi connectivity index (χ1v) is 12.6. The van der Waals surface area contributed by atoms with Crippen LogP contribution < -0.4 is 15.1 Å². The van der Waals surface area contributed by atoms with E-state index in [4.69, 9.17) is 9.72 Å². The van der Waals surface area contributed by atoms with Crippen LogP contribution in [0, 0.1) is 12.7 Å². The topological polar surface area (TPSA) is 70.6 Å². The van der Waals surface area contributed by atoms with Crippen molar-refractivity contribution in [3.05, 3.63) is 77.2 Å². The monoisotopic (exact) mass is 495 g/mol. The van der Waals surface area contributed by atoms with Crippen molar-refractivity contribution in [1.82, 2.24) is 15.3 Å². The normalized spacial score (nSPS) is 13.7. The molecule has 0 spiro atoms. The molecule has 1 saturated heterocycles. The zero-order valence-electron chi connectivity index (χ0n) is 20.0. The molecular formula is C26H30FN5O2S. The zero-order valence-corrected chi connectivity index (χ0v) is 20.9. The van der Waals surface area contributed by atoms with Crippen molar-refractivity contribution in [2.24, 2.45) is 0 Å². The third-order valence-electron chi connectivity index (χ3n) is 5.77. The predicted octanol–water partition coefficient (Wildman–Crippen LogP) is 3.92. The Bertz CT molecular complexity index is 1150. The fraction of sp³-hybridized carbons (Fsp3) is 0.346. The van der Waals surface area contributed by atoms with Gasteiger partial charge in [0.1, 0.15) is 11.6 Å². The van der Waals surface area contributed by atoms with Crippen LogP contribution in [0.15, 0.2) is 59.8 Å². The fourth-order valence-corrected chi connectivity index (χ4v) is 4.80. The van der Waals surface area contributed by atoms with E-state index < -0.39 is 0 Å². The Labute approximate surface area is 209 Å². The van der Waals surface area contributed by atoms with E-state index in [2.05, 4.69) is 20.1 Å². The molecule has 1 aromatic heterocycles. The van der Waals surface area contributed by atoms with Crippen molar-refractivity contribution in [3.63, 3.8) is 0 Å². The second-order valence-corrected chi connectivity index (χ2v) is 9.26. The lowest BCUT2D eigenvalue weighted by Gasteiger charge is -2.37. The number of anilines is 2. The van der Waals surface area contributed by atoms with Gasteiger partial charge in [-0.25, -0.2) is 14.4 Å². The summed E-state index contributed by atoms with van der Waals surface area (Å²) in [5.41, 5.74) is 3.20. The van der Waals surface area contributed by atoms with Crippen LogP contribution in [-0.4, -0.2) is 62.3 Å². The molecule has 0 radical (unpaired) electrons. The molecule has 0 bridgehead atoms. The van der Waals surface area contributed by atoms with Crippen LogP contribution in [0.4, 0.5) is 15.9 Å². The molecule has 4 rings (SSSR count). The van der Waals surface area contributed by atoms with Crippen LogP contribution in [0.2, 0.25) is 0 Å². The molecule has 35 heavy (non-hydrogen) atoms. The molecule has 9 heteroatoms. The van der Waals surface area contributed by atoms with Gasteiger partial charge < -0.3 is 19.9 Å². The van der Waals surface area contributed by atoms with E-state index >= 15 is 0 Å². The van der Waals surface area contributed by atoms with Crippen molar-refractivity contribution in [2.75, 3.05) is 56.2 Å². The number of aromatic nitrogens is 2. The molecule has 1 aliphatic heterocycles. The number of benzene rings is 2. The number of amides is 1. The van der Waals surface area contributed by atoms with Crippen molar-refractivity contribution in [2.45, 2.75) is 17.8 Å². The van der Waals surface area contributed by atoms with Crippen LogP contribution in [-0.2, 0) is 10.5 Å². The molecule has 184 valence electrons. The molecule has 1 fully saturated rings. The van der Waals surface area contributed by atoms with E-state index in [0.29, 0.717) is 35.3 Å². The van der Waals surface area contributed by atoms with E-state index in [1.165, 1.54) is 6.07 Å². The lowest BCUT2D eigenvalue weighted by Crippen LogP contribution is -2.47. The minimum atomic E-state index is -0.186. The number of nitrogens with zero attached hydrogens (tertiary/aromatic N) is 4. The summed E-state index contributed by atoms with van der Waals surface area (Å²) < 4.78 is 19.1. The number of aryl methyl sites for hydroxylation is 1. The summed E-state index contributed by atoms with van der Waals surface area (Å²) >= 11 is 1.55. The van der Waals surface area contributed by atoms with Gasteiger partial charge in [0, 0.05) is 62.9 Å². The molecule has 2 heterocycles. The van der Waals surface area contributed by atoms with E-state index in [0.717, 1.165) is 43.3 Å². The third kappa shape index (κ3) is 6.70. The first-order chi connectivity index (χ1) is 17.0. The van der Waals surface area contributed by atoms with Crippen LogP contribution in [0.25, 0.3) is 0 Å². The molecule has 2 aromatic carbocycles. The van der Waals surface area contributed by atoms with E-state index in [9.17, 15) is 9.18 Å². The summed E-state index contributed by atoms with van der Waals surface area (Å²) in [6.07, 6.45) is 0. The van der Waals surface area contributed by atoms with Gasteiger partial charge in [0.15, 0.2) is 5.16 Å². The highest BCUT2D eigenvalue weighted by atomic mass is 32.2. The SMILES string of the molecule is COCCNC(=O)c1cccc(CSc2nc(C)cc(N3CCN(c4ccccc4F)CC3)n2)c1. The molecule has 0 aliphatic carbocycles. The maximum Gasteiger partial charge on any atom is 0.251 e. The van der Waals surface area contributed by atoms with Gasteiger partial charge in [0.05, 0.1) is 12.3 Å². The second kappa shape index (κ2) is 12.0. The van der Waals surface area contributed by atoms with Gasteiger partial charge in [0.2, 0.25) is 0 Å². The summed E-state index contributed by atoms with van der Waals surface area (Å²) in [6.45, 7) is 5.90. The lowest BCUT2D eigenvalue weighted by molar-refractivity contribution is 0.0937. The maximum atomic E-state index is 14.2. The van der Waals surface area contributed by atoms with Crippen LogP contribution >= 0.6 is 11.8 Å². The minimum absolute atomic E-state index is 0.113. The standard InChI is InChI=1S/C26H30FN5O2S/c1-19-16-24(32-13-11-31(12-14-32)23-9-4-3-8-22(23)27)30-26(29-19)35-18-20-6-5-7-21(17-20)25(33)28-10-15-34-2/h3-9,16-17H,10-15,18H2,1-2H3,(H,28,33). The quantitative estimate of drug-likeness (QED) is 0.274. The van der Waals surface area contributed by atoms with Gasteiger partial charge >= 0.3 is 0 Å². The summed E-state index contributed by atoms with van der Waals surface area (Å²) in [6, 6.07) is 16.5. The number of hydrogen-bond acceptors (Lipinski definition) is 7. The highest BCUT2D eigenvalue weighted by Gasteiger charge is 2.21. The number of rotatable bonds is 9. The number of carbonyl (C=O) groups is 1. The van der Waals surface area contributed by atoms with Gasteiger partial charge in [-0.15, -0.1) is 0 Å². The highest BCUT2D eigenvalue weighted by molar-refractivity contribution is 7.98. The van der Waals surface area contributed by atoms with Crippen LogP contribution in [0.5, 0.6) is 0 Å². The molecule has 7 nitrogen and oxygen atoms in total. The lowest BCUT2D eigenvalue weighted by atomic mass is 10.1. The average Bonchev–Trinajstić information content (AvgIpc) is 2.88. The third-order valence-corrected chi connectivity index (χ3v) is 6.68. The van der Waals surface area contributed by atoms with E-state index in [1.54, 1.807) is 31.0 Å². The minimum Gasteiger partial charge on any atom is -0.383 e. The first kappa shape index (κ1) is 24.9. The maximum absolute atomic E-state index is 14.2. The largest absolute Gasteiger partial charge is 0.383 e. The van der Waals surface area contributed by atoms with E-state index in [1.807, 2.05) is 43.3 Å². The molecule has 1 aliphatic rings. The molecule has 1 amide bonds. The van der Waals surface area contributed by atoms with Gasteiger partial charge in [-0.05, 0) is 36.8 Å². The van der Waals surface area contributed by atoms with Crippen molar-refractivity contribution < 1.29 is 13.9 Å². The van der Waals surface area contributed by atoms with Crippen LogP contribution in [0.1, 0.15) is 21.6 Å². The number of nitrogens with one attached hydrogen (secondary N) is 1. The number of piperazine rings is 1. The van der Waals surface area contributed by atoms with Gasteiger partial charge in [-0.1, -0.05) is 36.0 Å². The first-order valence-electron chi connectivity index (χ1n) is 11.6. The fourth-order valence-electron chi connectivity index (χ4n) is 3.96. The summed E-state index contributed by atoms with van der Waals surface area (Å²) in [7, 11) is 1.61. The molecule has 0 atom stereocenters. The number of thioether (sulfide) groups is 1. The summed E-state index contributed by atoms with van der Waals surface area (Å²) in [5.74, 6) is 1.24. The number of ether oxygens (including phenoxy) is 1.